The summed E-state index contributed by atoms with van der Waals surface area (Å²) in [7, 11) is 0. The van der Waals surface area contributed by atoms with Gasteiger partial charge in [0.1, 0.15) is 5.75 Å². The van der Waals surface area contributed by atoms with Crippen LogP contribution in [-0.4, -0.2) is 11.1 Å². The number of pyridine rings is 1. The Morgan fingerprint density at radius 1 is 1.50 bits per heavy atom. The zero-order valence-corrected chi connectivity index (χ0v) is 6.66. The van der Waals surface area contributed by atoms with Crippen molar-refractivity contribution in [2.75, 3.05) is 0 Å². The van der Waals surface area contributed by atoms with Gasteiger partial charge in [0.25, 0.3) is 0 Å². The molecule has 0 aromatic carbocycles. The topological polar surface area (TPSA) is 22.1 Å². The molecule has 64 valence electrons. The molecule has 1 fully saturated rings. The molecule has 0 unspecified atom stereocenters. The fourth-order valence-electron chi connectivity index (χ4n) is 1.14. The van der Waals surface area contributed by atoms with E-state index < -0.39 is 5.95 Å². The lowest BCUT2D eigenvalue weighted by Gasteiger charge is -2.26. The van der Waals surface area contributed by atoms with Gasteiger partial charge in [-0.15, -0.1) is 0 Å². The highest BCUT2D eigenvalue weighted by atomic mass is 19.1. The molecule has 1 aliphatic rings. The number of rotatable bonds is 2. The predicted octanol–water partition coefficient (Wildman–Crippen LogP) is 2.15. The van der Waals surface area contributed by atoms with Crippen molar-refractivity contribution in [3.63, 3.8) is 0 Å². The number of ether oxygens (including phenoxy) is 1. The Kier molecular flexibility index (Phi) is 1.94. The number of nitrogens with zero attached hydrogens (tertiary/aromatic N) is 1. The summed E-state index contributed by atoms with van der Waals surface area (Å²) in [6.07, 6.45) is 5.11. The molecule has 0 N–H and O–H groups in total. The summed E-state index contributed by atoms with van der Waals surface area (Å²) in [5, 5.41) is 0. The minimum absolute atomic E-state index is 0.298. The van der Waals surface area contributed by atoms with E-state index in [1.165, 1.54) is 18.7 Å². The Labute approximate surface area is 70.4 Å². The minimum Gasteiger partial charge on any atom is -0.490 e. The second-order valence-corrected chi connectivity index (χ2v) is 2.99. The van der Waals surface area contributed by atoms with E-state index in [9.17, 15) is 4.39 Å². The third-order valence-electron chi connectivity index (χ3n) is 2.05. The first-order valence-electron chi connectivity index (χ1n) is 4.13. The molecule has 0 radical (unpaired) electrons. The molecular formula is C9H10FNO. The first kappa shape index (κ1) is 7.53. The Bertz CT molecular complexity index is 273. The lowest BCUT2D eigenvalue weighted by Crippen LogP contribution is -2.24. The molecule has 1 aromatic heterocycles. The average Bonchev–Trinajstić information content (AvgIpc) is 1.97. The SMILES string of the molecule is Fc1cc(OC2CCC2)ccn1. The number of hydrogen-bond donors (Lipinski definition) is 0. The highest BCUT2D eigenvalue weighted by Gasteiger charge is 2.18. The third-order valence-corrected chi connectivity index (χ3v) is 2.05. The van der Waals surface area contributed by atoms with Crippen LogP contribution in [-0.2, 0) is 0 Å². The maximum Gasteiger partial charge on any atom is 0.216 e. The first-order chi connectivity index (χ1) is 5.84. The monoisotopic (exact) mass is 167 g/mol. The molecular weight excluding hydrogens is 157 g/mol. The Balaban J connectivity index is 2.02. The van der Waals surface area contributed by atoms with Crippen molar-refractivity contribution < 1.29 is 9.13 Å². The van der Waals surface area contributed by atoms with E-state index in [-0.39, 0.29) is 0 Å². The van der Waals surface area contributed by atoms with Gasteiger partial charge in [-0.3, -0.25) is 0 Å². The van der Waals surface area contributed by atoms with E-state index in [1.807, 2.05) is 0 Å². The fourth-order valence-corrected chi connectivity index (χ4v) is 1.14. The third kappa shape index (κ3) is 1.55. The maximum absolute atomic E-state index is 12.5. The van der Waals surface area contributed by atoms with E-state index in [0.29, 0.717) is 11.9 Å². The summed E-state index contributed by atoms with van der Waals surface area (Å²) in [4.78, 5) is 3.44. The Morgan fingerprint density at radius 2 is 2.33 bits per heavy atom. The van der Waals surface area contributed by atoms with Crippen LogP contribution in [0.2, 0.25) is 0 Å². The van der Waals surface area contributed by atoms with Crippen molar-refractivity contribution in [3.8, 4) is 5.75 Å². The highest BCUT2D eigenvalue weighted by molar-refractivity contribution is 5.18. The van der Waals surface area contributed by atoms with Crippen molar-refractivity contribution in [1.82, 2.24) is 4.98 Å². The molecule has 0 amide bonds. The van der Waals surface area contributed by atoms with E-state index in [4.69, 9.17) is 4.74 Å². The summed E-state index contributed by atoms with van der Waals surface area (Å²) in [5.41, 5.74) is 0. The molecule has 1 saturated carbocycles. The summed E-state index contributed by atoms with van der Waals surface area (Å²) < 4.78 is 18.0. The van der Waals surface area contributed by atoms with Gasteiger partial charge in [-0.25, -0.2) is 4.98 Å². The molecule has 0 aliphatic heterocycles. The van der Waals surface area contributed by atoms with E-state index in [1.54, 1.807) is 6.07 Å². The molecule has 1 aromatic rings. The van der Waals surface area contributed by atoms with Crippen LogP contribution in [0.5, 0.6) is 5.75 Å². The van der Waals surface area contributed by atoms with Crippen LogP contribution in [0.15, 0.2) is 18.3 Å². The molecule has 0 spiro atoms. The fraction of sp³-hybridized carbons (Fsp3) is 0.444. The van der Waals surface area contributed by atoms with Gasteiger partial charge in [-0.05, 0) is 25.3 Å². The maximum atomic E-state index is 12.5. The Morgan fingerprint density at radius 3 is 2.92 bits per heavy atom. The summed E-state index contributed by atoms with van der Waals surface area (Å²) >= 11 is 0. The van der Waals surface area contributed by atoms with Crippen LogP contribution >= 0.6 is 0 Å². The number of halogens is 1. The first-order valence-corrected chi connectivity index (χ1v) is 4.13. The smallest absolute Gasteiger partial charge is 0.216 e. The largest absolute Gasteiger partial charge is 0.490 e. The van der Waals surface area contributed by atoms with E-state index in [0.717, 1.165) is 12.8 Å². The van der Waals surface area contributed by atoms with Gasteiger partial charge in [-0.1, -0.05) is 0 Å². The van der Waals surface area contributed by atoms with Gasteiger partial charge in [-0.2, -0.15) is 4.39 Å². The van der Waals surface area contributed by atoms with Crippen LogP contribution in [0.4, 0.5) is 4.39 Å². The lowest BCUT2D eigenvalue weighted by molar-refractivity contribution is 0.119. The van der Waals surface area contributed by atoms with Crippen molar-refractivity contribution >= 4 is 0 Å². The van der Waals surface area contributed by atoms with Gasteiger partial charge in [0.2, 0.25) is 5.95 Å². The molecule has 0 saturated heterocycles. The summed E-state index contributed by atoms with van der Waals surface area (Å²) in [6.45, 7) is 0. The zero-order valence-electron chi connectivity index (χ0n) is 6.66. The van der Waals surface area contributed by atoms with Crippen molar-refractivity contribution in [3.05, 3.63) is 24.3 Å². The van der Waals surface area contributed by atoms with Crippen molar-refractivity contribution in [1.29, 1.82) is 0 Å². The molecule has 2 rings (SSSR count). The predicted molar refractivity (Wildman–Crippen MR) is 42.5 cm³/mol. The summed E-state index contributed by atoms with van der Waals surface area (Å²) in [5.74, 6) is 0.110. The minimum atomic E-state index is -0.480. The molecule has 12 heavy (non-hydrogen) atoms. The van der Waals surface area contributed by atoms with Crippen LogP contribution in [0.25, 0.3) is 0 Å². The molecule has 1 heterocycles. The van der Waals surface area contributed by atoms with Gasteiger partial charge >= 0.3 is 0 Å². The quantitative estimate of drug-likeness (QED) is 0.629. The van der Waals surface area contributed by atoms with Crippen LogP contribution in [0.1, 0.15) is 19.3 Å². The molecule has 2 nitrogen and oxygen atoms in total. The van der Waals surface area contributed by atoms with E-state index >= 15 is 0 Å². The second-order valence-electron chi connectivity index (χ2n) is 2.99. The van der Waals surface area contributed by atoms with E-state index in [2.05, 4.69) is 4.98 Å². The average molecular weight is 167 g/mol. The number of hydrogen-bond acceptors (Lipinski definition) is 2. The zero-order chi connectivity index (χ0) is 8.39. The molecule has 0 atom stereocenters. The number of aromatic nitrogens is 1. The normalized spacial score (nSPS) is 17.1. The molecule has 3 heteroatoms. The van der Waals surface area contributed by atoms with Crippen molar-refractivity contribution in [2.24, 2.45) is 0 Å². The van der Waals surface area contributed by atoms with Crippen LogP contribution < -0.4 is 4.74 Å². The van der Waals surface area contributed by atoms with Crippen LogP contribution in [0, 0.1) is 5.95 Å². The Hall–Kier alpha value is -1.12. The molecule has 0 bridgehead atoms. The molecule has 1 aliphatic carbocycles. The van der Waals surface area contributed by atoms with Gasteiger partial charge in [0.15, 0.2) is 0 Å². The van der Waals surface area contributed by atoms with Gasteiger partial charge in [0, 0.05) is 12.3 Å². The van der Waals surface area contributed by atoms with Crippen molar-refractivity contribution in [2.45, 2.75) is 25.4 Å². The van der Waals surface area contributed by atoms with Gasteiger partial charge < -0.3 is 4.74 Å². The highest BCUT2D eigenvalue weighted by Crippen LogP contribution is 2.24. The lowest BCUT2D eigenvalue weighted by atomic mass is 9.96. The standard InChI is InChI=1S/C9H10FNO/c10-9-6-8(4-5-11-9)12-7-2-1-3-7/h4-7H,1-3H2. The van der Waals surface area contributed by atoms with Crippen LogP contribution in [0.3, 0.4) is 0 Å². The second kappa shape index (κ2) is 3.09. The summed E-state index contributed by atoms with van der Waals surface area (Å²) in [6, 6.07) is 3.00. The van der Waals surface area contributed by atoms with Gasteiger partial charge in [0.05, 0.1) is 6.10 Å².